The van der Waals surface area contributed by atoms with Crippen LogP contribution in [-0.4, -0.2) is 27.4 Å². The minimum Gasteiger partial charge on any atom is -0.311 e. The van der Waals surface area contributed by atoms with Gasteiger partial charge in [0.25, 0.3) is 6.71 Å². The molecule has 0 N–H and O–H groups in total. The fourth-order valence-electron chi connectivity index (χ4n) is 17.2. The van der Waals surface area contributed by atoms with Crippen LogP contribution in [0.25, 0.3) is 60.9 Å². The molecule has 0 unspecified atom stereocenters. The second-order valence-electron chi connectivity index (χ2n) is 27.0. The van der Waals surface area contributed by atoms with Crippen LogP contribution in [0.2, 0.25) is 0 Å². The van der Waals surface area contributed by atoms with Crippen LogP contribution in [-0.2, 0) is 0 Å². The smallest absolute Gasteiger partial charge is 0.252 e. The second-order valence-corrected chi connectivity index (χ2v) is 34.6. The first-order valence-corrected chi connectivity index (χ1v) is 39.4. The Hall–Kier alpha value is -12.6. The Morgan fingerprint density at radius 1 is 0.196 bits per heavy atom. The van der Waals surface area contributed by atoms with Crippen LogP contribution >= 0.6 is 0 Å². The third-order valence-electron chi connectivity index (χ3n) is 21.6. The lowest BCUT2D eigenvalue weighted by molar-refractivity contribution is 1.18. The van der Waals surface area contributed by atoms with Crippen LogP contribution in [0.5, 0.6) is 0 Å². The zero-order valence-corrected chi connectivity index (χ0v) is 58.2. The van der Waals surface area contributed by atoms with E-state index in [9.17, 15) is 0 Å². The van der Waals surface area contributed by atoms with Gasteiger partial charge in [-0.25, -0.2) is 0 Å². The third kappa shape index (κ3) is 9.85. The van der Waals surface area contributed by atoms with E-state index in [2.05, 4.69) is 427 Å². The first-order chi connectivity index (χ1) is 50.6. The van der Waals surface area contributed by atoms with Crippen molar-refractivity contribution in [1.82, 2.24) is 4.57 Å². The molecule has 0 saturated carbocycles. The number of benzene rings is 16. The largest absolute Gasteiger partial charge is 0.311 e. The summed E-state index contributed by atoms with van der Waals surface area (Å²) in [5, 5.41) is 13.0. The van der Waals surface area contributed by atoms with Gasteiger partial charge in [-0.2, -0.15) is 0 Å². The number of anilines is 6. The summed E-state index contributed by atoms with van der Waals surface area (Å²) in [6, 6.07) is 156. The summed E-state index contributed by atoms with van der Waals surface area (Å²) >= 11 is 0. The van der Waals surface area contributed by atoms with Gasteiger partial charge >= 0.3 is 0 Å². The lowest BCUT2D eigenvalue weighted by Crippen LogP contribution is -2.75. The first-order valence-electron chi connectivity index (χ1n) is 35.4. The molecule has 0 amide bonds. The molecule has 2 aliphatic heterocycles. The SMILES string of the molecule is c1ccc(-c2cccc(N3c4cc(-c5ccccc5)ccc4B4c5ccc([Si](c6ccccc6)(c6ccccc6)c6ccccc6)cc5N(c5cccc([Si](c6ccccc6)(c6ccccc6)c6ccccc6)c5)c5cc(-c6cccc(-n7c8ccccc8c8ccccc87)c6)cc3c54)c2)cc1. The zero-order valence-electron chi connectivity index (χ0n) is 56.2. The highest BCUT2D eigenvalue weighted by molar-refractivity contribution is 7.20. The Kier molecular flexibility index (Phi) is 15.0. The van der Waals surface area contributed by atoms with Gasteiger partial charge in [0.2, 0.25) is 0 Å². The summed E-state index contributed by atoms with van der Waals surface area (Å²) in [4.78, 5) is 5.30. The standard InChI is InChI=1S/C96H68BN3Si2/c1-9-32-69(33-10-1)71-36-29-39-76(62-71)99-92-64-73(70-34-11-2-12-35-70)58-60-88(92)97-89-61-59-85(102(81-47-19-6-20-48-81,82-49-21-7-22-50-82)83-51-23-8-24-52-83)68-93(89)100(77-40-31-53-84(67-77)101(78-41-13-3-14-42-78,79-43-15-4-16-44-79)80-45-17-5-18-46-80)95-66-74(65-94(99)96(95)97)72-37-30-38-75(63-72)98-90-56-27-25-54-86(90)87-55-26-28-57-91(87)98/h1-68H. The minimum absolute atomic E-state index is 0.197. The topological polar surface area (TPSA) is 11.4 Å². The van der Waals surface area contributed by atoms with Crippen molar-refractivity contribution >= 4 is 137 Å². The molecule has 17 aromatic rings. The number of para-hydroxylation sites is 2. The maximum atomic E-state index is 2.69. The maximum Gasteiger partial charge on any atom is 0.252 e. The zero-order chi connectivity index (χ0) is 67.6. The molecule has 0 saturated heterocycles. The fraction of sp³-hybridized carbons (Fsp3) is 0. The summed E-state index contributed by atoms with van der Waals surface area (Å²) in [6.45, 7) is -0.197. The summed E-state index contributed by atoms with van der Waals surface area (Å²) in [7, 11) is -6.26. The van der Waals surface area contributed by atoms with Crippen molar-refractivity contribution in [1.29, 1.82) is 0 Å². The average Bonchev–Trinajstić information content (AvgIpc) is 0.927. The van der Waals surface area contributed by atoms with Gasteiger partial charge in [0, 0.05) is 50.6 Å². The highest BCUT2D eigenvalue weighted by atomic mass is 28.3. The van der Waals surface area contributed by atoms with E-state index in [1.807, 2.05) is 0 Å². The summed E-state index contributed by atoms with van der Waals surface area (Å²) in [5.41, 5.74) is 20.9. The molecule has 102 heavy (non-hydrogen) atoms. The van der Waals surface area contributed by atoms with Gasteiger partial charge in [0.15, 0.2) is 16.1 Å². The fourth-order valence-corrected chi connectivity index (χ4v) is 26.8. The van der Waals surface area contributed by atoms with Crippen LogP contribution in [0.3, 0.4) is 0 Å². The Morgan fingerprint density at radius 3 is 0.971 bits per heavy atom. The van der Waals surface area contributed by atoms with Gasteiger partial charge in [0.05, 0.1) is 11.0 Å². The lowest BCUT2D eigenvalue weighted by Gasteiger charge is -2.45. The van der Waals surface area contributed by atoms with Crippen molar-refractivity contribution in [3.8, 4) is 39.1 Å². The maximum absolute atomic E-state index is 3.15. The van der Waals surface area contributed by atoms with Crippen LogP contribution in [0.4, 0.5) is 34.1 Å². The highest BCUT2D eigenvalue weighted by Gasteiger charge is 2.48. The Labute approximate surface area is 598 Å². The second kappa shape index (κ2) is 25.3. The van der Waals surface area contributed by atoms with Crippen LogP contribution in [0.15, 0.2) is 413 Å². The molecule has 0 fully saturated rings. The van der Waals surface area contributed by atoms with Crippen LogP contribution in [0, 0.1) is 0 Å². The van der Waals surface area contributed by atoms with Crippen molar-refractivity contribution in [3.05, 3.63) is 413 Å². The van der Waals surface area contributed by atoms with Crippen molar-refractivity contribution in [2.75, 3.05) is 9.80 Å². The molecular weight excluding hydrogens is 1260 g/mol. The van der Waals surface area contributed by atoms with Gasteiger partial charge in [-0.3, -0.25) is 0 Å². The van der Waals surface area contributed by atoms with Gasteiger partial charge < -0.3 is 14.4 Å². The van der Waals surface area contributed by atoms with E-state index in [-0.39, 0.29) is 6.71 Å². The Balaban J connectivity index is 0.953. The average molecular weight is 1330 g/mol. The van der Waals surface area contributed by atoms with E-state index >= 15 is 0 Å². The van der Waals surface area contributed by atoms with Crippen molar-refractivity contribution in [2.24, 2.45) is 0 Å². The van der Waals surface area contributed by atoms with Crippen molar-refractivity contribution < 1.29 is 0 Å². The molecule has 3 nitrogen and oxygen atoms in total. The quantitative estimate of drug-likeness (QED) is 0.0794. The summed E-state index contributed by atoms with van der Waals surface area (Å²) in [6.07, 6.45) is 0. The van der Waals surface area contributed by atoms with Gasteiger partial charge in [-0.15, -0.1) is 0 Å². The van der Waals surface area contributed by atoms with Crippen molar-refractivity contribution in [2.45, 2.75) is 0 Å². The number of nitrogens with zero attached hydrogens (tertiary/aromatic N) is 3. The number of fused-ring (bicyclic) bond motifs is 7. The van der Waals surface area contributed by atoms with E-state index in [1.54, 1.807) is 0 Å². The molecule has 0 radical (unpaired) electrons. The molecule has 3 heterocycles. The Bertz CT molecular complexity index is 5710. The Morgan fingerprint density at radius 2 is 0.510 bits per heavy atom. The molecule has 0 bridgehead atoms. The molecule has 478 valence electrons. The molecule has 16 aromatic carbocycles. The molecule has 1 aromatic heterocycles. The number of hydrogen-bond acceptors (Lipinski definition) is 2. The van der Waals surface area contributed by atoms with E-state index < -0.39 is 16.1 Å². The van der Waals surface area contributed by atoms with Crippen LogP contribution < -0.4 is 67.7 Å². The molecule has 6 heteroatoms. The van der Waals surface area contributed by atoms with Gasteiger partial charge in [-0.1, -0.05) is 340 Å². The molecule has 19 rings (SSSR count). The first kappa shape index (κ1) is 60.6. The van der Waals surface area contributed by atoms with Crippen molar-refractivity contribution in [3.63, 3.8) is 0 Å². The van der Waals surface area contributed by atoms with Crippen LogP contribution in [0.1, 0.15) is 0 Å². The van der Waals surface area contributed by atoms with E-state index in [1.165, 1.54) is 90.8 Å². The number of aromatic nitrogens is 1. The summed E-state index contributed by atoms with van der Waals surface area (Å²) in [5.74, 6) is 0. The van der Waals surface area contributed by atoms with E-state index in [4.69, 9.17) is 0 Å². The molecule has 2 aliphatic rings. The van der Waals surface area contributed by atoms with Gasteiger partial charge in [0.1, 0.15) is 0 Å². The molecule has 0 spiro atoms. The van der Waals surface area contributed by atoms with E-state index in [0.717, 1.165) is 62.1 Å². The minimum atomic E-state index is -3.15. The third-order valence-corrected chi connectivity index (χ3v) is 31.2. The summed E-state index contributed by atoms with van der Waals surface area (Å²) < 4.78 is 2.45. The van der Waals surface area contributed by atoms with Gasteiger partial charge in [-0.05, 0) is 164 Å². The van der Waals surface area contributed by atoms with E-state index in [0.29, 0.717) is 0 Å². The number of hydrogen-bond donors (Lipinski definition) is 0. The predicted molar refractivity (Wildman–Crippen MR) is 438 cm³/mol. The highest BCUT2D eigenvalue weighted by Crippen LogP contribution is 2.48. The molecule has 0 aliphatic carbocycles. The predicted octanol–water partition coefficient (Wildman–Crippen LogP) is 16.6. The number of rotatable bonds is 14. The normalized spacial score (nSPS) is 12.5. The monoisotopic (exact) mass is 1330 g/mol. The molecule has 0 atom stereocenters. The lowest BCUT2D eigenvalue weighted by atomic mass is 9.33. The molecular formula is C96H68BN3Si2.